The van der Waals surface area contributed by atoms with Crippen LogP contribution in [0.4, 0.5) is 5.13 Å². The highest BCUT2D eigenvalue weighted by Crippen LogP contribution is 2.27. The van der Waals surface area contributed by atoms with Crippen molar-refractivity contribution >= 4 is 34.0 Å². The maximum Gasteiger partial charge on any atom is 0.230 e. The number of carbonyl (C=O) groups is 1. The van der Waals surface area contributed by atoms with Crippen LogP contribution in [0.1, 0.15) is 18.4 Å². The monoisotopic (exact) mass is 231 g/mol. The molecule has 0 radical (unpaired) electrons. The molecule has 14 heavy (non-hydrogen) atoms. The normalized spacial score (nSPS) is 22.0. The van der Waals surface area contributed by atoms with Gasteiger partial charge in [-0.2, -0.15) is 0 Å². The predicted octanol–water partition coefficient (Wildman–Crippen LogP) is 1.44. The molecule has 0 aromatic carbocycles. The molecule has 0 aliphatic carbocycles. The molecule has 1 aromatic heterocycles. The van der Waals surface area contributed by atoms with E-state index in [2.05, 4.69) is 10.2 Å². The summed E-state index contributed by atoms with van der Waals surface area (Å²) in [6, 6.07) is 0. The minimum atomic E-state index is -0.0866. The van der Waals surface area contributed by atoms with Crippen molar-refractivity contribution in [1.29, 1.82) is 0 Å². The van der Waals surface area contributed by atoms with Gasteiger partial charge in [-0.3, -0.25) is 9.69 Å². The highest BCUT2D eigenvalue weighted by molar-refractivity contribution is 7.15. The first-order valence-corrected chi connectivity index (χ1v) is 5.72. The fourth-order valence-electron chi connectivity index (χ4n) is 1.35. The summed E-state index contributed by atoms with van der Waals surface area (Å²) >= 11 is 7.35. The molecule has 1 fully saturated rings. The first-order valence-electron chi connectivity index (χ1n) is 4.47. The van der Waals surface area contributed by atoms with E-state index < -0.39 is 0 Å². The maximum absolute atomic E-state index is 11.5. The predicted molar refractivity (Wildman–Crippen MR) is 55.9 cm³/mol. The van der Waals surface area contributed by atoms with Crippen LogP contribution in [0.5, 0.6) is 0 Å². The van der Waals surface area contributed by atoms with Crippen molar-refractivity contribution in [3.05, 3.63) is 5.01 Å². The molecule has 0 spiro atoms. The van der Waals surface area contributed by atoms with Crippen LogP contribution >= 0.6 is 22.9 Å². The zero-order valence-corrected chi connectivity index (χ0v) is 9.31. The van der Waals surface area contributed by atoms with Gasteiger partial charge in [-0.25, -0.2) is 0 Å². The fourth-order valence-corrected chi connectivity index (χ4v) is 2.42. The topological polar surface area (TPSA) is 46.1 Å². The Labute approximate surface area is 90.9 Å². The van der Waals surface area contributed by atoms with Crippen molar-refractivity contribution in [1.82, 2.24) is 10.2 Å². The number of carbonyl (C=O) groups excluding carboxylic acids is 1. The first kappa shape index (κ1) is 9.86. The Bertz CT molecular complexity index is 354. The molecule has 4 nitrogen and oxygen atoms in total. The summed E-state index contributed by atoms with van der Waals surface area (Å²) in [7, 11) is 0. The number of aryl methyl sites for hydroxylation is 1. The molecule has 6 heteroatoms. The van der Waals surface area contributed by atoms with Crippen molar-refractivity contribution in [2.45, 2.75) is 25.1 Å². The second-order valence-electron chi connectivity index (χ2n) is 3.14. The van der Waals surface area contributed by atoms with E-state index in [-0.39, 0.29) is 11.3 Å². The van der Waals surface area contributed by atoms with Crippen LogP contribution in [0.25, 0.3) is 0 Å². The lowest BCUT2D eigenvalue weighted by atomic mass is 10.4. The van der Waals surface area contributed by atoms with E-state index in [0.717, 1.165) is 11.4 Å². The number of aromatic nitrogens is 2. The third-order valence-corrected chi connectivity index (χ3v) is 3.45. The van der Waals surface area contributed by atoms with Crippen LogP contribution in [0.3, 0.4) is 0 Å². The fraction of sp³-hybridized carbons (Fsp3) is 0.625. The Hall–Kier alpha value is -0.680. The highest BCUT2D eigenvalue weighted by Gasteiger charge is 2.31. The molecular weight excluding hydrogens is 222 g/mol. The molecule has 1 aliphatic rings. The number of rotatable bonds is 2. The van der Waals surface area contributed by atoms with Crippen LogP contribution in [0.2, 0.25) is 0 Å². The number of nitrogens with zero attached hydrogens (tertiary/aromatic N) is 3. The highest BCUT2D eigenvalue weighted by atomic mass is 35.5. The van der Waals surface area contributed by atoms with Gasteiger partial charge in [0.1, 0.15) is 5.01 Å². The van der Waals surface area contributed by atoms with E-state index in [4.69, 9.17) is 11.6 Å². The summed E-state index contributed by atoms with van der Waals surface area (Å²) < 4.78 is 0. The summed E-state index contributed by atoms with van der Waals surface area (Å²) in [6.45, 7) is 2.57. The molecule has 1 aromatic rings. The number of hydrogen-bond acceptors (Lipinski definition) is 4. The van der Waals surface area contributed by atoms with E-state index in [9.17, 15) is 4.79 Å². The van der Waals surface area contributed by atoms with Crippen LogP contribution in [-0.4, -0.2) is 28.0 Å². The molecule has 2 heterocycles. The minimum absolute atomic E-state index is 0.0452. The van der Waals surface area contributed by atoms with Crippen molar-refractivity contribution in [2.75, 3.05) is 11.4 Å². The van der Waals surface area contributed by atoms with Crippen molar-refractivity contribution in [3.63, 3.8) is 0 Å². The number of alkyl halides is 1. The molecule has 1 amide bonds. The Morgan fingerprint density at radius 1 is 1.64 bits per heavy atom. The van der Waals surface area contributed by atoms with Crippen LogP contribution in [0.15, 0.2) is 0 Å². The molecule has 1 atom stereocenters. The third-order valence-electron chi connectivity index (χ3n) is 2.07. The van der Waals surface area contributed by atoms with Crippen LogP contribution < -0.4 is 4.90 Å². The molecule has 1 saturated heterocycles. The van der Waals surface area contributed by atoms with E-state index >= 15 is 0 Å². The van der Waals surface area contributed by atoms with Gasteiger partial charge in [0.2, 0.25) is 11.0 Å². The summed E-state index contributed by atoms with van der Waals surface area (Å²) in [5.41, 5.74) is 0. The Balaban J connectivity index is 2.18. The molecule has 0 bridgehead atoms. The van der Waals surface area contributed by atoms with E-state index in [0.29, 0.717) is 18.1 Å². The van der Waals surface area contributed by atoms with Gasteiger partial charge in [0.15, 0.2) is 0 Å². The largest absolute Gasteiger partial charge is 0.285 e. The molecule has 0 saturated carbocycles. The lowest BCUT2D eigenvalue weighted by Gasteiger charge is -2.09. The standard InChI is InChI=1S/C8H10ClN3OS/c1-2-6-10-11-8(14-6)12-4-5(9)3-7(12)13/h5H,2-4H2,1H3. The molecule has 1 unspecified atom stereocenters. The van der Waals surface area contributed by atoms with Gasteiger partial charge >= 0.3 is 0 Å². The van der Waals surface area contributed by atoms with Gasteiger partial charge < -0.3 is 0 Å². The quantitative estimate of drug-likeness (QED) is 0.724. The maximum atomic E-state index is 11.5. The number of halogens is 1. The minimum Gasteiger partial charge on any atom is -0.285 e. The molecule has 1 aliphatic heterocycles. The van der Waals surface area contributed by atoms with Crippen LogP contribution in [0, 0.1) is 0 Å². The Morgan fingerprint density at radius 3 is 2.93 bits per heavy atom. The van der Waals surface area contributed by atoms with Gasteiger partial charge in [-0.1, -0.05) is 18.3 Å². The van der Waals surface area contributed by atoms with Crippen molar-refractivity contribution in [3.8, 4) is 0 Å². The van der Waals surface area contributed by atoms with Gasteiger partial charge in [-0.15, -0.1) is 21.8 Å². The van der Waals surface area contributed by atoms with Gasteiger partial charge in [0.25, 0.3) is 0 Å². The lowest BCUT2D eigenvalue weighted by molar-refractivity contribution is -0.117. The number of amides is 1. The van der Waals surface area contributed by atoms with Gasteiger partial charge in [0.05, 0.1) is 5.38 Å². The summed E-state index contributed by atoms with van der Waals surface area (Å²) in [4.78, 5) is 13.1. The first-order chi connectivity index (χ1) is 6.70. The number of hydrogen-bond donors (Lipinski definition) is 0. The molecular formula is C8H10ClN3OS. The lowest BCUT2D eigenvalue weighted by Crippen LogP contribution is -2.24. The average Bonchev–Trinajstić information content (AvgIpc) is 2.71. The third kappa shape index (κ3) is 1.74. The second kappa shape index (κ2) is 3.82. The zero-order valence-electron chi connectivity index (χ0n) is 7.73. The van der Waals surface area contributed by atoms with Gasteiger partial charge in [-0.05, 0) is 6.42 Å². The molecule has 0 N–H and O–H groups in total. The molecule has 2 rings (SSSR count). The smallest absolute Gasteiger partial charge is 0.230 e. The Kier molecular flexibility index (Phi) is 2.69. The van der Waals surface area contributed by atoms with Crippen LogP contribution in [-0.2, 0) is 11.2 Å². The van der Waals surface area contributed by atoms with Crippen molar-refractivity contribution in [2.24, 2.45) is 0 Å². The summed E-state index contributed by atoms with van der Waals surface area (Å²) in [5.74, 6) is 0.0452. The SMILES string of the molecule is CCc1nnc(N2CC(Cl)CC2=O)s1. The number of anilines is 1. The Morgan fingerprint density at radius 2 is 2.43 bits per heavy atom. The average molecular weight is 232 g/mol. The molecule has 76 valence electrons. The summed E-state index contributed by atoms with van der Waals surface area (Å²) in [6.07, 6.45) is 1.26. The van der Waals surface area contributed by atoms with E-state index in [1.54, 1.807) is 4.90 Å². The zero-order chi connectivity index (χ0) is 10.1. The summed E-state index contributed by atoms with van der Waals surface area (Å²) in [5, 5.41) is 9.48. The van der Waals surface area contributed by atoms with E-state index in [1.807, 2.05) is 6.92 Å². The van der Waals surface area contributed by atoms with E-state index in [1.165, 1.54) is 11.3 Å². The second-order valence-corrected chi connectivity index (χ2v) is 4.80. The van der Waals surface area contributed by atoms with Gasteiger partial charge in [0, 0.05) is 13.0 Å². The van der Waals surface area contributed by atoms with Crippen molar-refractivity contribution < 1.29 is 4.79 Å².